The molecule has 0 amide bonds. The Bertz CT molecular complexity index is 499. The lowest BCUT2D eigenvalue weighted by Crippen LogP contribution is -2.30. The molecule has 4 saturated carbocycles. The number of Topliss-reactive ketones (excluding diaryl/α,β-unsaturated/α-hetero) is 1. The van der Waals surface area contributed by atoms with Crippen molar-refractivity contribution in [2.45, 2.75) is 16.1 Å². The Labute approximate surface area is 105 Å². The van der Waals surface area contributed by atoms with Crippen LogP contribution in [0.4, 0.5) is 0 Å². The number of carbonyl (C=O) groups is 1. The summed E-state index contributed by atoms with van der Waals surface area (Å²) in [6.45, 7) is 3.84. The average molecular weight is 242 g/mol. The molecule has 0 aromatic heterocycles. The van der Waals surface area contributed by atoms with Gasteiger partial charge in [0, 0.05) is 10.8 Å². The zero-order valence-corrected chi connectivity index (χ0v) is 10.3. The second-order valence-corrected chi connectivity index (χ2v) is 6.77. The van der Waals surface area contributed by atoms with Gasteiger partial charge in [0.25, 0.3) is 0 Å². The van der Waals surface area contributed by atoms with E-state index in [1.165, 1.54) is 4.90 Å². The molecule has 1 aromatic rings. The van der Waals surface area contributed by atoms with E-state index in [2.05, 4.69) is 18.7 Å². The molecule has 0 saturated heterocycles. The summed E-state index contributed by atoms with van der Waals surface area (Å²) in [4.78, 5) is 13.6. The van der Waals surface area contributed by atoms with Gasteiger partial charge >= 0.3 is 0 Å². The number of allylic oxidation sites excluding steroid dienone is 1. The van der Waals surface area contributed by atoms with E-state index in [-0.39, 0.29) is 4.75 Å². The predicted octanol–water partition coefficient (Wildman–Crippen LogP) is 3.17. The summed E-state index contributed by atoms with van der Waals surface area (Å²) in [6.07, 6.45) is 2.76. The van der Waals surface area contributed by atoms with Gasteiger partial charge in [-0.3, -0.25) is 4.79 Å². The summed E-state index contributed by atoms with van der Waals surface area (Å²) in [5.74, 6) is 3.09. The van der Waals surface area contributed by atoms with E-state index in [4.69, 9.17) is 0 Å². The van der Waals surface area contributed by atoms with E-state index in [0.29, 0.717) is 17.6 Å². The highest BCUT2D eigenvalue weighted by atomic mass is 32.2. The predicted molar refractivity (Wildman–Crippen MR) is 68.8 cm³/mol. The summed E-state index contributed by atoms with van der Waals surface area (Å²) in [6, 6.07) is 10.3. The molecule has 86 valence electrons. The summed E-state index contributed by atoms with van der Waals surface area (Å²) in [7, 11) is 0. The van der Waals surface area contributed by atoms with Crippen LogP contribution in [-0.2, 0) is 4.79 Å². The van der Waals surface area contributed by atoms with Crippen LogP contribution in [0, 0.1) is 23.7 Å². The van der Waals surface area contributed by atoms with Crippen LogP contribution < -0.4 is 0 Å². The minimum atomic E-state index is -0.164. The van der Waals surface area contributed by atoms with Crippen LogP contribution in [0.3, 0.4) is 0 Å². The fourth-order valence-corrected chi connectivity index (χ4v) is 5.35. The molecular formula is C15H14OS. The summed E-state index contributed by atoms with van der Waals surface area (Å²) >= 11 is 1.78. The van der Waals surface area contributed by atoms with Gasteiger partial charge in [0.1, 0.15) is 0 Å². The van der Waals surface area contributed by atoms with Gasteiger partial charge in [-0.05, 0) is 36.3 Å². The molecule has 1 nitrogen and oxygen atoms in total. The molecule has 0 N–H and O–H groups in total. The highest BCUT2D eigenvalue weighted by Crippen LogP contribution is 2.86. The summed E-state index contributed by atoms with van der Waals surface area (Å²) < 4.78 is -0.164. The van der Waals surface area contributed by atoms with Crippen LogP contribution in [0.25, 0.3) is 0 Å². The second-order valence-electron chi connectivity index (χ2n) is 5.37. The van der Waals surface area contributed by atoms with Crippen molar-refractivity contribution in [1.82, 2.24) is 0 Å². The van der Waals surface area contributed by atoms with E-state index in [0.717, 1.165) is 18.3 Å². The van der Waals surface area contributed by atoms with Crippen LogP contribution in [0.1, 0.15) is 6.42 Å². The van der Waals surface area contributed by atoms with Gasteiger partial charge in [-0.25, -0.2) is 0 Å². The average Bonchev–Trinajstić information content (AvgIpc) is 3.17. The van der Waals surface area contributed by atoms with Crippen LogP contribution in [0.15, 0.2) is 47.9 Å². The second kappa shape index (κ2) is 3.05. The largest absolute Gasteiger partial charge is 0.298 e. The zero-order valence-electron chi connectivity index (χ0n) is 9.50. The number of thioether (sulfide) groups is 1. The minimum Gasteiger partial charge on any atom is -0.298 e. The number of benzene rings is 1. The SMILES string of the molecule is C=CC[C@@]1(Sc2ccccc2)C(=O)C2[C@@H]3C1[C@H]23. The van der Waals surface area contributed by atoms with Crippen LogP contribution in [-0.4, -0.2) is 10.5 Å². The molecule has 4 fully saturated rings. The number of carbonyl (C=O) groups excluding carboxylic acids is 1. The van der Waals surface area contributed by atoms with E-state index >= 15 is 0 Å². The lowest BCUT2D eigenvalue weighted by atomic mass is 10.0. The third kappa shape index (κ3) is 1.10. The fourth-order valence-electron chi connectivity index (χ4n) is 3.75. The Hall–Kier alpha value is -1.02. The molecule has 2 heteroatoms. The Balaban J connectivity index is 1.68. The van der Waals surface area contributed by atoms with Crippen LogP contribution >= 0.6 is 11.8 Å². The normalized spacial score (nSPS) is 44.4. The lowest BCUT2D eigenvalue weighted by molar-refractivity contribution is -0.120. The van der Waals surface area contributed by atoms with Crippen molar-refractivity contribution in [3.8, 4) is 0 Å². The van der Waals surface area contributed by atoms with Crippen LogP contribution in [0.5, 0.6) is 0 Å². The van der Waals surface area contributed by atoms with Crippen molar-refractivity contribution in [1.29, 1.82) is 0 Å². The Morgan fingerprint density at radius 1 is 1.29 bits per heavy atom. The molecule has 0 radical (unpaired) electrons. The molecule has 0 aliphatic heterocycles. The maximum absolute atomic E-state index is 12.4. The first-order chi connectivity index (χ1) is 8.29. The number of ketones is 1. The molecule has 2 bridgehead atoms. The molecule has 4 aliphatic rings. The van der Waals surface area contributed by atoms with Gasteiger partial charge in [0.2, 0.25) is 0 Å². The van der Waals surface area contributed by atoms with Gasteiger partial charge in [-0.2, -0.15) is 0 Å². The van der Waals surface area contributed by atoms with Gasteiger partial charge in [0.15, 0.2) is 5.78 Å². The van der Waals surface area contributed by atoms with E-state index in [9.17, 15) is 4.79 Å². The Kier molecular flexibility index (Phi) is 1.79. The molecule has 0 spiro atoms. The highest BCUT2D eigenvalue weighted by Gasteiger charge is 2.89. The van der Waals surface area contributed by atoms with Crippen molar-refractivity contribution < 1.29 is 4.79 Å². The molecular weight excluding hydrogens is 228 g/mol. The number of hydrogen-bond donors (Lipinski definition) is 0. The monoisotopic (exact) mass is 242 g/mol. The number of fused-ring (bicyclic) bond motifs is 1. The standard InChI is InChI=1S/C15H14OS/c1-2-8-15(17-9-6-4-3-5-7-9)13-10-11(13)12(10)14(15)16/h2-7,10-13H,1,8H2/t10-,11+,12?,13?,15-/m0/s1. The molecule has 4 aliphatic carbocycles. The summed E-state index contributed by atoms with van der Waals surface area (Å²) in [5.41, 5.74) is 0. The first kappa shape index (κ1) is 9.95. The quantitative estimate of drug-likeness (QED) is 0.754. The first-order valence-corrected chi connectivity index (χ1v) is 7.00. The minimum absolute atomic E-state index is 0.164. The smallest absolute Gasteiger partial charge is 0.153 e. The van der Waals surface area contributed by atoms with Crippen LogP contribution in [0.2, 0.25) is 0 Å². The first-order valence-electron chi connectivity index (χ1n) is 6.19. The zero-order chi connectivity index (χ0) is 11.6. The van der Waals surface area contributed by atoms with Gasteiger partial charge < -0.3 is 0 Å². The molecule has 1 aromatic carbocycles. The third-order valence-corrected chi connectivity index (χ3v) is 6.08. The molecule has 17 heavy (non-hydrogen) atoms. The Morgan fingerprint density at radius 2 is 2.00 bits per heavy atom. The molecule has 5 atom stereocenters. The van der Waals surface area contributed by atoms with E-state index in [1.54, 1.807) is 11.8 Å². The lowest BCUT2D eigenvalue weighted by Gasteiger charge is -2.25. The summed E-state index contributed by atoms with van der Waals surface area (Å²) in [5, 5.41) is 0. The van der Waals surface area contributed by atoms with Crippen molar-refractivity contribution in [3.05, 3.63) is 43.0 Å². The maximum Gasteiger partial charge on any atom is 0.153 e. The number of hydrogen-bond acceptors (Lipinski definition) is 2. The number of rotatable bonds is 4. The molecule has 0 heterocycles. The fraction of sp³-hybridized carbons (Fsp3) is 0.400. The highest BCUT2D eigenvalue weighted by molar-refractivity contribution is 8.01. The molecule has 2 unspecified atom stereocenters. The van der Waals surface area contributed by atoms with E-state index in [1.807, 2.05) is 24.3 Å². The van der Waals surface area contributed by atoms with Crippen molar-refractivity contribution in [2.75, 3.05) is 0 Å². The van der Waals surface area contributed by atoms with Crippen molar-refractivity contribution in [3.63, 3.8) is 0 Å². The van der Waals surface area contributed by atoms with Gasteiger partial charge in [0.05, 0.1) is 4.75 Å². The topological polar surface area (TPSA) is 17.1 Å². The maximum atomic E-state index is 12.4. The third-order valence-electron chi connectivity index (χ3n) is 4.57. The Morgan fingerprint density at radius 3 is 2.53 bits per heavy atom. The van der Waals surface area contributed by atoms with Gasteiger partial charge in [-0.15, -0.1) is 18.3 Å². The van der Waals surface area contributed by atoms with Crippen molar-refractivity contribution >= 4 is 17.5 Å². The molecule has 5 rings (SSSR count). The van der Waals surface area contributed by atoms with Gasteiger partial charge in [-0.1, -0.05) is 24.3 Å². The van der Waals surface area contributed by atoms with Crippen molar-refractivity contribution in [2.24, 2.45) is 23.7 Å². The van der Waals surface area contributed by atoms with E-state index < -0.39 is 0 Å².